The molecule has 1 aliphatic heterocycles. The van der Waals surface area contributed by atoms with Gasteiger partial charge >= 0.3 is 0 Å². The Morgan fingerprint density at radius 1 is 1.16 bits per heavy atom. The van der Waals surface area contributed by atoms with Gasteiger partial charge in [0, 0.05) is 38.0 Å². The normalized spacial score (nSPS) is 26.4. The number of hydrogen-bond acceptors (Lipinski definition) is 3. The number of aryl methyl sites for hydroxylation is 3. The number of guanidine groups is 1. The molecular weight excluding hydrogens is 328 g/mol. The molecule has 2 fully saturated rings. The summed E-state index contributed by atoms with van der Waals surface area (Å²) in [6.07, 6.45) is 13.1. The first-order valence-electron chi connectivity index (χ1n) is 10.3. The van der Waals surface area contributed by atoms with Gasteiger partial charge in [-0.05, 0) is 56.8 Å². The van der Waals surface area contributed by atoms with Gasteiger partial charge in [0.05, 0.1) is 10.7 Å². The number of rotatable bonds is 4. The van der Waals surface area contributed by atoms with Crippen molar-refractivity contribution in [3.8, 4) is 0 Å². The minimum atomic E-state index is 0.911. The van der Waals surface area contributed by atoms with Crippen molar-refractivity contribution in [1.29, 1.82) is 0 Å². The van der Waals surface area contributed by atoms with E-state index in [1.807, 2.05) is 18.4 Å². The summed E-state index contributed by atoms with van der Waals surface area (Å²) in [4.78, 5) is 13.5. The molecular formula is C20H32N4S. The Bertz CT molecular complexity index is 571. The van der Waals surface area contributed by atoms with Gasteiger partial charge in [-0.3, -0.25) is 4.99 Å². The molecule has 0 amide bonds. The van der Waals surface area contributed by atoms with E-state index >= 15 is 0 Å². The van der Waals surface area contributed by atoms with Gasteiger partial charge < -0.3 is 10.2 Å². The standard InChI is InChI=1S/C20H32N4S/c1-21-20(24-13-15-7-2-3-8-16(15)14-24)22-12-6-11-19-23-17-9-4-5-10-18(17)25-19/h15-16H,2-14H2,1H3,(H,21,22). The van der Waals surface area contributed by atoms with Crippen molar-refractivity contribution in [1.82, 2.24) is 15.2 Å². The van der Waals surface area contributed by atoms with Gasteiger partial charge in [0.15, 0.2) is 5.96 Å². The van der Waals surface area contributed by atoms with Gasteiger partial charge in [-0.2, -0.15) is 0 Å². The monoisotopic (exact) mass is 360 g/mol. The molecule has 4 rings (SSSR count). The number of nitrogens with zero attached hydrogens (tertiary/aromatic N) is 3. The Labute approximate surface area is 156 Å². The molecule has 1 saturated heterocycles. The highest BCUT2D eigenvalue weighted by Crippen LogP contribution is 2.36. The second-order valence-corrected chi connectivity index (χ2v) is 9.14. The molecule has 1 N–H and O–H groups in total. The molecule has 2 aliphatic carbocycles. The fourth-order valence-corrected chi connectivity index (χ4v) is 6.06. The number of fused-ring (bicyclic) bond motifs is 2. The number of thiazole rings is 1. The van der Waals surface area contributed by atoms with Crippen LogP contribution in [0.3, 0.4) is 0 Å². The Balaban J connectivity index is 1.23. The minimum absolute atomic E-state index is 0.911. The second kappa shape index (κ2) is 8.07. The summed E-state index contributed by atoms with van der Waals surface area (Å²) in [6.45, 7) is 3.43. The summed E-state index contributed by atoms with van der Waals surface area (Å²) in [5, 5.41) is 4.95. The zero-order chi connectivity index (χ0) is 17.1. The molecule has 1 aromatic heterocycles. The van der Waals surface area contributed by atoms with Crippen LogP contribution in [-0.4, -0.2) is 42.5 Å². The molecule has 1 aromatic rings. The molecule has 0 bridgehead atoms. The number of aromatic nitrogens is 1. The highest BCUT2D eigenvalue weighted by molar-refractivity contribution is 7.11. The van der Waals surface area contributed by atoms with Crippen LogP contribution in [0, 0.1) is 11.8 Å². The topological polar surface area (TPSA) is 40.5 Å². The predicted octanol–water partition coefficient (Wildman–Crippen LogP) is 3.65. The number of nitrogens with one attached hydrogen (secondary N) is 1. The van der Waals surface area contributed by atoms with E-state index < -0.39 is 0 Å². The highest BCUT2D eigenvalue weighted by atomic mass is 32.1. The lowest BCUT2D eigenvalue weighted by Gasteiger charge is -2.22. The molecule has 5 heteroatoms. The van der Waals surface area contributed by atoms with Crippen molar-refractivity contribution >= 4 is 17.3 Å². The first-order valence-corrected chi connectivity index (χ1v) is 11.1. The van der Waals surface area contributed by atoms with Gasteiger partial charge in [-0.1, -0.05) is 12.8 Å². The van der Waals surface area contributed by atoms with Crippen molar-refractivity contribution in [3.05, 3.63) is 15.6 Å². The fraction of sp³-hybridized carbons (Fsp3) is 0.800. The third-order valence-electron chi connectivity index (χ3n) is 6.23. The van der Waals surface area contributed by atoms with Crippen molar-refractivity contribution in [2.45, 2.75) is 64.2 Å². The summed E-state index contributed by atoms with van der Waals surface area (Å²) < 4.78 is 0. The molecule has 25 heavy (non-hydrogen) atoms. The predicted molar refractivity (Wildman–Crippen MR) is 105 cm³/mol. The molecule has 2 heterocycles. The van der Waals surface area contributed by atoms with Gasteiger partial charge in [0.1, 0.15) is 0 Å². The quantitative estimate of drug-likeness (QED) is 0.506. The van der Waals surface area contributed by atoms with E-state index in [9.17, 15) is 0 Å². The zero-order valence-corrected chi connectivity index (χ0v) is 16.4. The summed E-state index contributed by atoms with van der Waals surface area (Å²) in [5.74, 6) is 2.94. The smallest absolute Gasteiger partial charge is 0.193 e. The van der Waals surface area contributed by atoms with Crippen molar-refractivity contribution in [2.24, 2.45) is 16.8 Å². The maximum Gasteiger partial charge on any atom is 0.193 e. The Morgan fingerprint density at radius 3 is 2.64 bits per heavy atom. The lowest BCUT2D eigenvalue weighted by atomic mass is 9.82. The highest BCUT2D eigenvalue weighted by Gasteiger charge is 2.35. The van der Waals surface area contributed by atoms with Crippen LogP contribution in [-0.2, 0) is 19.3 Å². The maximum absolute atomic E-state index is 4.86. The van der Waals surface area contributed by atoms with Crippen LogP contribution < -0.4 is 5.32 Å². The summed E-state index contributed by atoms with van der Waals surface area (Å²) in [5.41, 5.74) is 1.40. The third kappa shape index (κ3) is 4.02. The molecule has 0 radical (unpaired) electrons. The molecule has 138 valence electrons. The van der Waals surface area contributed by atoms with Crippen LogP contribution in [0.5, 0.6) is 0 Å². The number of likely N-dealkylation sites (tertiary alicyclic amines) is 1. The molecule has 0 spiro atoms. The zero-order valence-electron chi connectivity index (χ0n) is 15.6. The van der Waals surface area contributed by atoms with Gasteiger partial charge in [-0.15, -0.1) is 11.3 Å². The van der Waals surface area contributed by atoms with E-state index in [2.05, 4.69) is 15.2 Å². The van der Waals surface area contributed by atoms with Crippen molar-refractivity contribution < 1.29 is 0 Å². The van der Waals surface area contributed by atoms with Crippen LogP contribution in [0.15, 0.2) is 4.99 Å². The Morgan fingerprint density at radius 2 is 1.92 bits per heavy atom. The lowest BCUT2D eigenvalue weighted by Crippen LogP contribution is -2.40. The number of hydrogen-bond donors (Lipinski definition) is 1. The molecule has 1 saturated carbocycles. The Hall–Kier alpha value is -1.10. The maximum atomic E-state index is 4.86. The first kappa shape index (κ1) is 17.3. The van der Waals surface area contributed by atoms with Crippen LogP contribution in [0.25, 0.3) is 0 Å². The lowest BCUT2D eigenvalue weighted by molar-refractivity contribution is 0.299. The average molecular weight is 361 g/mol. The van der Waals surface area contributed by atoms with E-state index in [4.69, 9.17) is 4.98 Å². The van der Waals surface area contributed by atoms with Crippen molar-refractivity contribution in [3.63, 3.8) is 0 Å². The molecule has 0 aromatic carbocycles. The van der Waals surface area contributed by atoms with Crippen LogP contribution in [0.2, 0.25) is 0 Å². The minimum Gasteiger partial charge on any atom is -0.356 e. The summed E-state index contributed by atoms with van der Waals surface area (Å²) in [7, 11) is 1.93. The molecule has 2 unspecified atom stereocenters. The largest absolute Gasteiger partial charge is 0.356 e. The van der Waals surface area contributed by atoms with Gasteiger partial charge in [0.25, 0.3) is 0 Å². The van der Waals surface area contributed by atoms with E-state index in [0.717, 1.165) is 37.2 Å². The molecule has 4 nitrogen and oxygen atoms in total. The Kier molecular flexibility index (Phi) is 5.59. The van der Waals surface area contributed by atoms with Gasteiger partial charge in [-0.25, -0.2) is 4.98 Å². The second-order valence-electron chi connectivity index (χ2n) is 7.97. The van der Waals surface area contributed by atoms with Crippen LogP contribution >= 0.6 is 11.3 Å². The molecule has 3 aliphatic rings. The first-order chi connectivity index (χ1) is 12.3. The van der Waals surface area contributed by atoms with Crippen LogP contribution in [0.4, 0.5) is 0 Å². The van der Waals surface area contributed by atoms with E-state index in [1.165, 1.54) is 75.2 Å². The van der Waals surface area contributed by atoms with Gasteiger partial charge in [0.2, 0.25) is 0 Å². The fourth-order valence-electron chi connectivity index (χ4n) is 4.86. The molecule has 2 atom stereocenters. The summed E-state index contributed by atoms with van der Waals surface area (Å²) in [6, 6.07) is 0. The van der Waals surface area contributed by atoms with E-state index in [1.54, 1.807) is 4.88 Å². The SMILES string of the molecule is CN=C(NCCCc1nc2c(s1)CCCC2)N1CC2CCCCC2C1. The third-order valence-corrected chi connectivity index (χ3v) is 7.45. The van der Waals surface area contributed by atoms with E-state index in [0.29, 0.717) is 0 Å². The van der Waals surface area contributed by atoms with Crippen molar-refractivity contribution in [2.75, 3.05) is 26.7 Å². The van der Waals surface area contributed by atoms with Crippen LogP contribution in [0.1, 0.15) is 60.5 Å². The summed E-state index contributed by atoms with van der Waals surface area (Å²) >= 11 is 1.96. The number of aliphatic imine (C=N–C) groups is 1. The van der Waals surface area contributed by atoms with E-state index in [-0.39, 0.29) is 0 Å². The average Bonchev–Trinajstić information content (AvgIpc) is 3.25.